The topological polar surface area (TPSA) is 98.7 Å². The first kappa shape index (κ1) is 11.2. The van der Waals surface area contributed by atoms with Crippen molar-refractivity contribution in [2.75, 3.05) is 0 Å². The number of hydrogen-bond acceptors (Lipinski definition) is 5. The highest BCUT2D eigenvalue weighted by Crippen LogP contribution is 2.10. The van der Waals surface area contributed by atoms with E-state index in [4.69, 9.17) is 5.11 Å². The van der Waals surface area contributed by atoms with Crippen molar-refractivity contribution in [1.29, 1.82) is 0 Å². The van der Waals surface area contributed by atoms with Crippen LogP contribution in [0, 0.1) is 0 Å². The summed E-state index contributed by atoms with van der Waals surface area (Å²) in [7, 11) is 0. The number of aromatic nitrogens is 6. The second-order valence-electron chi connectivity index (χ2n) is 3.69. The molecule has 0 fully saturated rings. The summed E-state index contributed by atoms with van der Waals surface area (Å²) < 4.78 is 3.19. The zero-order valence-electron chi connectivity index (χ0n) is 9.26. The van der Waals surface area contributed by atoms with Crippen molar-refractivity contribution in [2.24, 2.45) is 0 Å². The first-order valence-electron chi connectivity index (χ1n) is 5.13. The summed E-state index contributed by atoms with van der Waals surface area (Å²) >= 11 is 0. The van der Waals surface area contributed by atoms with Crippen molar-refractivity contribution in [2.45, 2.75) is 25.9 Å². The molecule has 1 unspecified atom stereocenters. The molecule has 0 aliphatic heterocycles. The van der Waals surface area contributed by atoms with Gasteiger partial charge >= 0.3 is 5.97 Å². The molecule has 2 aromatic heterocycles. The van der Waals surface area contributed by atoms with Crippen LogP contribution in [0.3, 0.4) is 0 Å². The number of carboxylic acid groups (broad SMARTS) is 1. The molecular formula is C9H12N6O2. The number of carboxylic acids is 1. The Morgan fingerprint density at radius 2 is 2.41 bits per heavy atom. The number of nitrogens with zero attached hydrogens (tertiary/aromatic N) is 6. The largest absolute Gasteiger partial charge is 0.481 e. The molecule has 0 bridgehead atoms. The number of carbonyl (C=O) groups is 1. The van der Waals surface area contributed by atoms with E-state index in [1.165, 1.54) is 4.68 Å². The molecule has 8 heteroatoms. The third-order valence-electron chi connectivity index (χ3n) is 2.31. The molecule has 2 aromatic rings. The van der Waals surface area contributed by atoms with Gasteiger partial charge in [0.1, 0.15) is 6.54 Å². The van der Waals surface area contributed by atoms with E-state index in [1.54, 1.807) is 30.1 Å². The fourth-order valence-corrected chi connectivity index (χ4v) is 1.54. The van der Waals surface area contributed by atoms with Crippen LogP contribution in [0.2, 0.25) is 0 Å². The number of rotatable bonds is 5. The van der Waals surface area contributed by atoms with Gasteiger partial charge in [0.05, 0.1) is 12.5 Å². The maximum Gasteiger partial charge on any atom is 0.305 e. The highest BCUT2D eigenvalue weighted by Gasteiger charge is 2.16. The van der Waals surface area contributed by atoms with Gasteiger partial charge in [-0.05, 0) is 23.4 Å². The zero-order valence-corrected chi connectivity index (χ0v) is 9.26. The quantitative estimate of drug-likeness (QED) is 0.781. The van der Waals surface area contributed by atoms with E-state index in [1.807, 2.05) is 0 Å². The molecular weight excluding hydrogens is 224 g/mol. The van der Waals surface area contributed by atoms with Gasteiger partial charge in [-0.1, -0.05) is 0 Å². The Balaban J connectivity index is 2.13. The standard InChI is InChI=1S/C9H12N6O2/c1-7(5-9(16)17)15-8(11-12-13-15)6-14-4-2-3-10-14/h2-4,7H,5-6H2,1H3,(H,16,17). The molecule has 0 saturated carbocycles. The molecule has 17 heavy (non-hydrogen) atoms. The molecule has 0 spiro atoms. The summed E-state index contributed by atoms with van der Waals surface area (Å²) in [6, 6.07) is 1.52. The Morgan fingerprint density at radius 3 is 3.06 bits per heavy atom. The van der Waals surface area contributed by atoms with Crippen molar-refractivity contribution in [3.63, 3.8) is 0 Å². The van der Waals surface area contributed by atoms with Gasteiger partial charge in [0.25, 0.3) is 0 Å². The smallest absolute Gasteiger partial charge is 0.305 e. The van der Waals surface area contributed by atoms with E-state index < -0.39 is 5.97 Å². The first-order valence-corrected chi connectivity index (χ1v) is 5.13. The van der Waals surface area contributed by atoms with Crippen molar-refractivity contribution in [3.05, 3.63) is 24.3 Å². The van der Waals surface area contributed by atoms with Crippen molar-refractivity contribution < 1.29 is 9.90 Å². The molecule has 0 aromatic carbocycles. The minimum atomic E-state index is -0.877. The number of hydrogen-bond donors (Lipinski definition) is 1. The van der Waals surface area contributed by atoms with Crippen LogP contribution >= 0.6 is 0 Å². The average molecular weight is 236 g/mol. The Hall–Kier alpha value is -2.25. The molecule has 8 nitrogen and oxygen atoms in total. The maximum absolute atomic E-state index is 10.6. The zero-order chi connectivity index (χ0) is 12.3. The lowest BCUT2D eigenvalue weighted by Crippen LogP contribution is -2.16. The molecule has 1 N–H and O–H groups in total. The van der Waals surface area contributed by atoms with Crippen molar-refractivity contribution in [1.82, 2.24) is 30.0 Å². The van der Waals surface area contributed by atoms with Crippen LogP contribution in [-0.2, 0) is 11.3 Å². The first-order chi connectivity index (χ1) is 8.16. The third kappa shape index (κ3) is 2.65. The summed E-state index contributed by atoms with van der Waals surface area (Å²) in [5.41, 5.74) is 0. The van der Waals surface area contributed by atoms with Gasteiger partial charge in [-0.3, -0.25) is 9.48 Å². The molecule has 1 atom stereocenters. The lowest BCUT2D eigenvalue weighted by Gasteiger charge is -2.10. The van der Waals surface area contributed by atoms with Gasteiger partial charge in [-0.15, -0.1) is 5.10 Å². The fourth-order valence-electron chi connectivity index (χ4n) is 1.54. The van der Waals surface area contributed by atoms with E-state index in [0.29, 0.717) is 12.4 Å². The molecule has 0 amide bonds. The predicted octanol–water partition coefficient (Wildman–Crippen LogP) is -0.0464. The highest BCUT2D eigenvalue weighted by atomic mass is 16.4. The van der Waals surface area contributed by atoms with Crippen molar-refractivity contribution >= 4 is 5.97 Å². The molecule has 0 aliphatic rings. The Bertz CT molecular complexity index is 491. The monoisotopic (exact) mass is 236 g/mol. The van der Waals surface area contributed by atoms with Crippen molar-refractivity contribution in [3.8, 4) is 0 Å². The van der Waals surface area contributed by atoms with Gasteiger partial charge in [0, 0.05) is 12.4 Å². The molecule has 0 saturated heterocycles. The minimum absolute atomic E-state index is 0.0167. The fraction of sp³-hybridized carbons (Fsp3) is 0.444. The second kappa shape index (κ2) is 4.73. The summed E-state index contributed by atoms with van der Waals surface area (Å²) in [6.45, 7) is 2.18. The van der Waals surface area contributed by atoms with Gasteiger partial charge in [0.15, 0.2) is 5.82 Å². The number of aliphatic carboxylic acids is 1. The van der Waals surface area contributed by atoms with Gasteiger partial charge < -0.3 is 5.11 Å². The molecule has 2 heterocycles. The second-order valence-corrected chi connectivity index (χ2v) is 3.69. The lowest BCUT2D eigenvalue weighted by atomic mass is 10.2. The average Bonchev–Trinajstić information content (AvgIpc) is 2.88. The summed E-state index contributed by atoms with van der Waals surface area (Å²) in [5, 5.41) is 24.0. The predicted molar refractivity (Wildman–Crippen MR) is 56.1 cm³/mol. The molecule has 0 radical (unpaired) electrons. The van der Waals surface area contributed by atoms with Gasteiger partial charge in [-0.2, -0.15) is 5.10 Å². The molecule has 2 rings (SSSR count). The van der Waals surface area contributed by atoms with Gasteiger partial charge in [0.2, 0.25) is 0 Å². The summed E-state index contributed by atoms with van der Waals surface area (Å²) in [5.74, 6) is -0.291. The molecule has 90 valence electrons. The van der Waals surface area contributed by atoms with Crippen LogP contribution < -0.4 is 0 Å². The van der Waals surface area contributed by atoms with Crippen LogP contribution in [0.1, 0.15) is 25.2 Å². The van der Waals surface area contributed by atoms with E-state index in [-0.39, 0.29) is 12.5 Å². The van der Waals surface area contributed by atoms with E-state index in [2.05, 4.69) is 20.6 Å². The van der Waals surface area contributed by atoms with E-state index in [0.717, 1.165) is 0 Å². The lowest BCUT2D eigenvalue weighted by molar-refractivity contribution is -0.137. The summed E-state index contributed by atoms with van der Waals surface area (Å²) in [6.07, 6.45) is 3.44. The highest BCUT2D eigenvalue weighted by molar-refractivity contribution is 5.67. The van der Waals surface area contributed by atoms with Crippen LogP contribution in [0.5, 0.6) is 0 Å². The Kier molecular flexibility index (Phi) is 3.12. The van der Waals surface area contributed by atoms with E-state index in [9.17, 15) is 4.79 Å². The third-order valence-corrected chi connectivity index (χ3v) is 2.31. The Morgan fingerprint density at radius 1 is 1.59 bits per heavy atom. The normalized spacial score (nSPS) is 12.5. The minimum Gasteiger partial charge on any atom is -0.481 e. The number of tetrazole rings is 1. The van der Waals surface area contributed by atoms with Gasteiger partial charge in [-0.25, -0.2) is 4.68 Å². The van der Waals surface area contributed by atoms with Crippen LogP contribution in [0.4, 0.5) is 0 Å². The van der Waals surface area contributed by atoms with Crippen LogP contribution in [0.25, 0.3) is 0 Å². The summed E-state index contributed by atoms with van der Waals surface area (Å²) in [4.78, 5) is 10.6. The van der Waals surface area contributed by atoms with E-state index >= 15 is 0 Å². The van der Waals surface area contributed by atoms with Crippen LogP contribution in [0.15, 0.2) is 18.5 Å². The SMILES string of the molecule is CC(CC(=O)O)n1nnnc1Cn1cccn1. The maximum atomic E-state index is 10.6. The molecule has 0 aliphatic carbocycles. The Labute approximate surface area is 96.9 Å². The van der Waals surface area contributed by atoms with Crippen LogP contribution in [-0.4, -0.2) is 41.1 Å².